The van der Waals surface area contributed by atoms with E-state index in [4.69, 9.17) is 4.74 Å². The Balaban J connectivity index is 1.41. The van der Waals surface area contributed by atoms with E-state index in [1.165, 1.54) is 28.0 Å². The fraction of sp³-hybridized carbons (Fsp3) is 0.409. The predicted octanol–water partition coefficient (Wildman–Crippen LogP) is 5.05. The molecule has 1 aliphatic rings. The number of benzene rings is 1. The number of imidazole rings is 1. The van der Waals surface area contributed by atoms with Gasteiger partial charge in [-0.1, -0.05) is 30.8 Å². The number of ether oxygens (including phenoxy) is 1. The quantitative estimate of drug-likeness (QED) is 0.394. The number of carbonyl (C=O) groups is 2. The van der Waals surface area contributed by atoms with Crippen molar-refractivity contribution in [2.45, 2.75) is 44.7 Å². The number of H-pyrrole nitrogens is 1. The van der Waals surface area contributed by atoms with E-state index in [0.29, 0.717) is 35.3 Å². The number of hydrogen-bond donors (Lipinski definition) is 2. The van der Waals surface area contributed by atoms with Crippen molar-refractivity contribution in [3.63, 3.8) is 0 Å². The summed E-state index contributed by atoms with van der Waals surface area (Å²) in [5, 5.41) is 4.40. The Hall–Kier alpha value is -2.32. The first-order valence-corrected chi connectivity index (χ1v) is 12.0. The lowest BCUT2D eigenvalue weighted by Crippen LogP contribution is -2.16. The number of carbonyl (C=O) groups excluding carboxylic acids is 2. The van der Waals surface area contributed by atoms with Gasteiger partial charge in [-0.3, -0.25) is 4.79 Å². The van der Waals surface area contributed by atoms with Gasteiger partial charge in [-0.05, 0) is 49.8 Å². The first-order valence-electron chi connectivity index (χ1n) is 10.2. The molecule has 1 aliphatic carbocycles. The molecule has 4 rings (SSSR count). The van der Waals surface area contributed by atoms with E-state index in [1.807, 2.05) is 24.3 Å². The molecule has 1 atom stereocenters. The molecular formula is C22H25N3O3S2. The van der Waals surface area contributed by atoms with Crippen LogP contribution in [0, 0.1) is 5.92 Å². The van der Waals surface area contributed by atoms with E-state index in [2.05, 4.69) is 22.2 Å². The van der Waals surface area contributed by atoms with Gasteiger partial charge >= 0.3 is 5.97 Å². The largest absolute Gasteiger partial charge is 0.462 e. The molecule has 0 saturated carbocycles. The maximum Gasteiger partial charge on any atom is 0.341 e. The summed E-state index contributed by atoms with van der Waals surface area (Å²) in [6, 6.07) is 7.85. The molecular weight excluding hydrogens is 418 g/mol. The minimum atomic E-state index is -0.337. The van der Waals surface area contributed by atoms with Crippen LogP contribution >= 0.6 is 23.1 Å². The van der Waals surface area contributed by atoms with Gasteiger partial charge in [0.25, 0.3) is 0 Å². The summed E-state index contributed by atoms with van der Waals surface area (Å²) in [4.78, 5) is 34.1. The van der Waals surface area contributed by atoms with Crippen LogP contribution in [-0.4, -0.2) is 34.2 Å². The molecule has 1 aromatic carbocycles. The highest BCUT2D eigenvalue weighted by Gasteiger charge is 2.29. The molecule has 0 fully saturated rings. The van der Waals surface area contributed by atoms with E-state index in [9.17, 15) is 9.59 Å². The molecule has 0 radical (unpaired) electrons. The first kappa shape index (κ1) is 20.9. The monoisotopic (exact) mass is 443 g/mol. The predicted molar refractivity (Wildman–Crippen MR) is 122 cm³/mol. The molecule has 3 aromatic rings. The number of rotatable bonds is 7. The lowest BCUT2D eigenvalue weighted by molar-refractivity contribution is -0.115. The number of thiophene rings is 1. The van der Waals surface area contributed by atoms with Gasteiger partial charge in [0, 0.05) is 17.1 Å². The lowest BCUT2D eigenvalue weighted by Gasteiger charge is -2.18. The summed E-state index contributed by atoms with van der Waals surface area (Å²) in [5.74, 6) is 0.755. The van der Waals surface area contributed by atoms with Crippen LogP contribution in [0.1, 0.15) is 47.5 Å². The van der Waals surface area contributed by atoms with Gasteiger partial charge in [-0.2, -0.15) is 0 Å². The molecule has 0 saturated heterocycles. The zero-order valence-electron chi connectivity index (χ0n) is 17.1. The van der Waals surface area contributed by atoms with Gasteiger partial charge < -0.3 is 15.0 Å². The highest BCUT2D eigenvalue weighted by Crippen LogP contribution is 2.40. The number of nitrogens with one attached hydrogen (secondary N) is 2. The second-order valence-corrected chi connectivity index (χ2v) is 9.67. The van der Waals surface area contributed by atoms with Crippen LogP contribution in [0.3, 0.4) is 0 Å². The maximum absolute atomic E-state index is 12.6. The van der Waals surface area contributed by atoms with E-state index in [1.54, 1.807) is 6.92 Å². The van der Waals surface area contributed by atoms with Gasteiger partial charge in [0.15, 0.2) is 5.16 Å². The Bertz CT molecular complexity index is 1040. The van der Waals surface area contributed by atoms with Crippen molar-refractivity contribution in [2.75, 3.05) is 17.7 Å². The van der Waals surface area contributed by atoms with Crippen LogP contribution in [0.25, 0.3) is 11.0 Å². The number of aromatic amines is 1. The summed E-state index contributed by atoms with van der Waals surface area (Å²) < 4.78 is 5.27. The normalized spacial score (nSPS) is 15.7. The molecule has 2 aromatic heterocycles. The molecule has 2 heterocycles. The number of amides is 1. The van der Waals surface area contributed by atoms with Crippen LogP contribution in [0.2, 0.25) is 0 Å². The van der Waals surface area contributed by atoms with E-state index in [0.717, 1.165) is 41.0 Å². The Morgan fingerprint density at radius 1 is 1.37 bits per heavy atom. The maximum atomic E-state index is 12.6. The summed E-state index contributed by atoms with van der Waals surface area (Å²) >= 11 is 3.04. The first-order chi connectivity index (χ1) is 14.5. The highest BCUT2D eigenvalue weighted by atomic mass is 32.2. The highest BCUT2D eigenvalue weighted by molar-refractivity contribution is 7.99. The number of aromatic nitrogens is 2. The lowest BCUT2D eigenvalue weighted by atomic mass is 9.88. The van der Waals surface area contributed by atoms with Crippen molar-refractivity contribution >= 4 is 51.0 Å². The van der Waals surface area contributed by atoms with Gasteiger partial charge in [0.1, 0.15) is 5.00 Å². The van der Waals surface area contributed by atoms with Crippen molar-refractivity contribution in [1.29, 1.82) is 0 Å². The Morgan fingerprint density at radius 2 is 2.20 bits per heavy atom. The Labute approximate surface area is 183 Å². The van der Waals surface area contributed by atoms with Crippen molar-refractivity contribution < 1.29 is 14.3 Å². The third kappa shape index (κ3) is 4.54. The zero-order chi connectivity index (χ0) is 21.1. The number of anilines is 1. The number of nitrogens with zero attached hydrogens (tertiary/aromatic N) is 1. The molecule has 0 aliphatic heterocycles. The minimum Gasteiger partial charge on any atom is -0.462 e. The molecule has 0 spiro atoms. The second kappa shape index (κ2) is 9.22. The van der Waals surface area contributed by atoms with Gasteiger partial charge in [-0.15, -0.1) is 11.3 Å². The van der Waals surface area contributed by atoms with Crippen LogP contribution in [-0.2, 0) is 22.4 Å². The smallest absolute Gasteiger partial charge is 0.341 e. The zero-order valence-corrected chi connectivity index (χ0v) is 18.8. The molecule has 158 valence electrons. The third-order valence-corrected chi connectivity index (χ3v) is 7.22. The van der Waals surface area contributed by atoms with Gasteiger partial charge in [0.2, 0.25) is 5.91 Å². The number of esters is 1. The van der Waals surface area contributed by atoms with Gasteiger partial charge in [-0.25, -0.2) is 9.78 Å². The third-order valence-electron chi connectivity index (χ3n) is 5.18. The van der Waals surface area contributed by atoms with Crippen molar-refractivity contribution in [1.82, 2.24) is 9.97 Å². The van der Waals surface area contributed by atoms with E-state index in [-0.39, 0.29) is 11.9 Å². The standard InChI is InChI=1S/C22H25N3O3S2/c1-3-28-21(27)19-14-9-8-13(2)12-17(14)30-20(19)25-18(26)10-11-29-22-23-15-6-4-5-7-16(15)24-22/h4-7,13H,3,8-12H2,1-2H3,(H,23,24)(H,25,26). The molecule has 30 heavy (non-hydrogen) atoms. The fourth-order valence-corrected chi connectivity index (χ4v) is 5.93. The van der Waals surface area contributed by atoms with Crippen LogP contribution in [0.5, 0.6) is 0 Å². The summed E-state index contributed by atoms with van der Waals surface area (Å²) in [6.07, 6.45) is 3.20. The molecule has 1 unspecified atom stereocenters. The topological polar surface area (TPSA) is 84.1 Å². The summed E-state index contributed by atoms with van der Waals surface area (Å²) in [5.41, 5.74) is 3.52. The van der Waals surface area contributed by atoms with Gasteiger partial charge in [0.05, 0.1) is 23.2 Å². The summed E-state index contributed by atoms with van der Waals surface area (Å²) in [7, 11) is 0. The molecule has 1 amide bonds. The van der Waals surface area contributed by atoms with Crippen molar-refractivity contribution in [2.24, 2.45) is 5.92 Å². The van der Waals surface area contributed by atoms with Crippen LogP contribution in [0.4, 0.5) is 5.00 Å². The minimum absolute atomic E-state index is 0.101. The van der Waals surface area contributed by atoms with Crippen molar-refractivity contribution in [3.8, 4) is 0 Å². The Morgan fingerprint density at radius 3 is 3.00 bits per heavy atom. The van der Waals surface area contributed by atoms with E-state index >= 15 is 0 Å². The molecule has 8 heteroatoms. The summed E-state index contributed by atoms with van der Waals surface area (Å²) in [6.45, 7) is 4.34. The number of para-hydroxylation sites is 2. The average molecular weight is 444 g/mol. The molecule has 0 bridgehead atoms. The SMILES string of the molecule is CCOC(=O)c1c(NC(=O)CCSc2nc3ccccc3[nH]2)sc2c1CCC(C)C2. The Kier molecular flexibility index (Phi) is 6.43. The number of thioether (sulfide) groups is 1. The van der Waals surface area contributed by atoms with Crippen LogP contribution in [0.15, 0.2) is 29.4 Å². The number of hydrogen-bond acceptors (Lipinski definition) is 6. The molecule has 6 nitrogen and oxygen atoms in total. The van der Waals surface area contributed by atoms with E-state index < -0.39 is 0 Å². The van der Waals surface area contributed by atoms with Crippen molar-refractivity contribution in [3.05, 3.63) is 40.3 Å². The molecule has 2 N–H and O–H groups in total. The average Bonchev–Trinajstić information content (AvgIpc) is 3.28. The second-order valence-electron chi connectivity index (χ2n) is 7.48. The fourth-order valence-electron chi connectivity index (χ4n) is 3.69. The number of fused-ring (bicyclic) bond motifs is 2. The van der Waals surface area contributed by atoms with Crippen LogP contribution < -0.4 is 5.32 Å².